The maximum Gasteiger partial charge on any atom is 0.252 e. The van der Waals surface area contributed by atoms with E-state index in [-0.39, 0.29) is 23.9 Å². The predicted molar refractivity (Wildman–Crippen MR) is 251 cm³/mol. The van der Waals surface area contributed by atoms with Gasteiger partial charge < -0.3 is 19.9 Å². The molecule has 340 valence electrons. The van der Waals surface area contributed by atoms with Gasteiger partial charge in [0.2, 0.25) is 11.8 Å². The fourth-order valence-corrected chi connectivity index (χ4v) is 9.55. The summed E-state index contributed by atoms with van der Waals surface area (Å²) in [6, 6.07) is 34.3. The first-order valence-corrected chi connectivity index (χ1v) is 22.6. The van der Waals surface area contributed by atoms with Crippen molar-refractivity contribution in [1.82, 2.24) is 36.1 Å². The van der Waals surface area contributed by atoms with Gasteiger partial charge in [-0.2, -0.15) is 0 Å². The minimum atomic E-state index is -0.443. The first-order chi connectivity index (χ1) is 32.1. The van der Waals surface area contributed by atoms with E-state index in [4.69, 9.17) is 15.2 Å². The van der Waals surface area contributed by atoms with Crippen LogP contribution in [0.15, 0.2) is 115 Å². The van der Waals surface area contributed by atoms with E-state index in [2.05, 4.69) is 37.3 Å². The van der Waals surface area contributed by atoms with E-state index in [1.807, 2.05) is 92.8 Å². The third kappa shape index (κ3) is 10.4. The number of nitrogens with one attached hydrogen (secondary N) is 4. The number of pyridine rings is 2. The summed E-state index contributed by atoms with van der Waals surface area (Å²) in [6.45, 7) is 5.03. The molecule has 2 aliphatic rings. The van der Waals surface area contributed by atoms with Crippen LogP contribution in [0.4, 0.5) is 0 Å². The number of hydrogen-bond acceptors (Lipinski definition) is 9. The highest BCUT2D eigenvalue weighted by molar-refractivity contribution is 6.07. The number of aromatic nitrogens is 3. The molecule has 9 rings (SSSR count). The number of hydroxylamine groups is 2. The van der Waals surface area contributed by atoms with Gasteiger partial charge in [0, 0.05) is 74.6 Å². The number of fused-ring (bicyclic) bond motifs is 3. The van der Waals surface area contributed by atoms with Crippen molar-refractivity contribution < 1.29 is 34.3 Å². The molecule has 6 N–H and O–H groups in total. The topological polar surface area (TPSA) is 197 Å². The van der Waals surface area contributed by atoms with Gasteiger partial charge in [-0.1, -0.05) is 68.1 Å². The van der Waals surface area contributed by atoms with E-state index in [1.54, 1.807) is 35.2 Å². The second kappa shape index (κ2) is 20.8. The first kappa shape index (κ1) is 45.4. The van der Waals surface area contributed by atoms with Crippen molar-refractivity contribution in [2.75, 3.05) is 0 Å². The summed E-state index contributed by atoms with van der Waals surface area (Å²) in [5.74, 6) is -1.50. The van der Waals surface area contributed by atoms with Crippen molar-refractivity contribution in [2.45, 2.75) is 90.4 Å². The SMILES string of the molecule is Cc1cc(COc2ccc(C(=O)N[C@H]3CCCCC[C@H]3C(=O)NO)cc2)c2ccccc2n1.Cc1cc(Cn2ccc3c(C(=O)NC4CCCC4C(=O)NO)cccc32)c2ccccc2n1. The van der Waals surface area contributed by atoms with Crippen LogP contribution in [0, 0.1) is 25.7 Å². The van der Waals surface area contributed by atoms with Crippen molar-refractivity contribution >= 4 is 56.3 Å². The zero-order valence-electron chi connectivity index (χ0n) is 37.1. The zero-order chi connectivity index (χ0) is 46.2. The number of aryl methyl sites for hydroxylation is 2. The van der Waals surface area contributed by atoms with E-state index >= 15 is 0 Å². The van der Waals surface area contributed by atoms with Gasteiger partial charge >= 0.3 is 0 Å². The summed E-state index contributed by atoms with van der Waals surface area (Å²) in [6.07, 6.45) is 8.43. The number of para-hydroxylation sites is 2. The van der Waals surface area contributed by atoms with Crippen LogP contribution in [0.25, 0.3) is 32.7 Å². The molecule has 2 aliphatic carbocycles. The molecule has 14 heteroatoms. The number of benzene rings is 4. The van der Waals surface area contributed by atoms with Crippen LogP contribution in [0.1, 0.15) is 94.6 Å². The number of carbonyl (C=O) groups is 4. The third-order valence-corrected chi connectivity index (χ3v) is 12.8. The maximum atomic E-state index is 13.1. The van der Waals surface area contributed by atoms with E-state index in [0.717, 1.165) is 81.8 Å². The van der Waals surface area contributed by atoms with Gasteiger partial charge in [0.25, 0.3) is 11.8 Å². The Morgan fingerprint density at radius 3 is 1.86 bits per heavy atom. The third-order valence-electron chi connectivity index (χ3n) is 12.8. The van der Waals surface area contributed by atoms with Gasteiger partial charge in [-0.25, -0.2) is 11.0 Å². The van der Waals surface area contributed by atoms with E-state index in [1.165, 1.54) is 5.56 Å². The second-order valence-corrected chi connectivity index (χ2v) is 17.3. The Morgan fingerprint density at radius 1 is 0.621 bits per heavy atom. The lowest BCUT2D eigenvalue weighted by atomic mass is 9.93. The van der Waals surface area contributed by atoms with E-state index < -0.39 is 23.7 Å². The molecule has 2 fully saturated rings. The lowest BCUT2D eigenvalue weighted by Crippen LogP contribution is -2.45. The Morgan fingerprint density at radius 2 is 1.20 bits per heavy atom. The number of hydrogen-bond donors (Lipinski definition) is 6. The predicted octanol–water partition coefficient (Wildman–Crippen LogP) is 8.26. The molecular weight excluding hydrogens is 835 g/mol. The Hall–Kier alpha value is -7.16. The monoisotopic (exact) mass is 889 g/mol. The van der Waals surface area contributed by atoms with E-state index in [0.29, 0.717) is 49.3 Å². The molecule has 3 heterocycles. The molecule has 0 bridgehead atoms. The standard InChI is InChI=1S/C26H26N4O3.C26H29N3O4/c1-16-14-17(18-6-2-3-9-22(18)27-16)15-30-13-12-19-20(7-5-11-24(19)30)25(31)28-23-10-4-8-21(23)26(32)29-33;1-17-15-19(21-7-5-6-10-23(21)27-17)16-33-20-13-11-18(12-14-20)25(30)28-24-9-4-2-3-8-22(24)26(31)29-32/h2-3,5-7,9,11-14,21,23,33H,4,8,10,15H2,1H3,(H,28,31)(H,29,32);5-7,10-15,22,24,32H,2-4,8-9,16H2,1H3,(H,28,30)(H,29,31)/t;22-,24+/m.1/s1. The molecule has 14 nitrogen and oxygen atoms in total. The van der Waals surface area contributed by atoms with Gasteiger partial charge in [-0.15, -0.1) is 0 Å². The normalized spacial score (nSPS) is 18.2. The molecular formula is C52H55N7O7. The average Bonchev–Trinajstić information content (AvgIpc) is 3.90. The quantitative estimate of drug-likeness (QED) is 0.0421. The second-order valence-electron chi connectivity index (χ2n) is 17.3. The molecule has 2 unspecified atom stereocenters. The number of rotatable bonds is 11. The summed E-state index contributed by atoms with van der Waals surface area (Å²) in [5.41, 5.74) is 11.6. The molecule has 66 heavy (non-hydrogen) atoms. The highest BCUT2D eigenvalue weighted by Crippen LogP contribution is 2.29. The number of carbonyl (C=O) groups excluding carboxylic acids is 4. The van der Waals surface area contributed by atoms with E-state index in [9.17, 15) is 19.2 Å². The van der Waals surface area contributed by atoms with Gasteiger partial charge in [0.15, 0.2) is 0 Å². The zero-order valence-corrected chi connectivity index (χ0v) is 37.1. The Bertz CT molecular complexity index is 2880. The van der Waals surface area contributed by atoms with Gasteiger partial charge in [-0.05, 0) is 112 Å². The van der Waals surface area contributed by atoms with Crippen molar-refractivity contribution in [1.29, 1.82) is 0 Å². The highest BCUT2D eigenvalue weighted by atomic mass is 16.5. The van der Waals surface area contributed by atoms with Crippen LogP contribution in [0.3, 0.4) is 0 Å². The van der Waals surface area contributed by atoms with Crippen molar-refractivity contribution in [3.63, 3.8) is 0 Å². The van der Waals surface area contributed by atoms with Crippen LogP contribution in [-0.4, -0.2) is 60.7 Å². The molecule has 4 amide bonds. The number of nitrogens with zero attached hydrogens (tertiary/aromatic N) is 3. The lowest BCUT2D eigenvalue weighted by molar-refractivity contribution is -0.134. The van der Waals surface area contributed by atoms with Crippen LogP contribution in [-0.2, 0) is 22.7 Å². The average molecular weight is 890 g/mol. The van der Waals surface area contributed by atoms with Crippen molar-refractivity contribution in [2.24, 2.45) is 11.8 Å². The summed E-state index contributed by atoms with van der Waals surface area (Å²) >= 11 is 0. The largest absolute Gasteiger partial charge is 0.489 e. The van der Waals surface area contributed by atoms with Crippen molar-refractivity contribution in [3.05, 3.63) is 149 Å². The smallest absolute Gasteiger partial charge is 0.252 e. The summed E-state index contributed by atoms with van der Waals surface area (Å²) in [5, 5.41) is 27.1. The first-order valence-electron chi connectivity index (χ1n) is 22.6. The fraction of sp³-hybridized carbons (Fsp3) is 0.308. The summed E-state index contributed by atoms with van der Waals surface area (Å²) in [4.78, 5) is 59.1. The number of amides is 4. The minimum absolute atomic E-state index is 0.203. The van der Waals surface area contributed by atoms with Crippen LogP contribution in [0.5, 0.6) is 5.75 Å². The Labute approximate surface area is 382 Å². The molecule has 0 radical (unpaired) electrons. The molecule has 7 aromatic rings. The Kier molecular flexibility index (Phi) is 14.3. The minimum Gasteiger partial charge on any atom is -0.489 e. The van der Waals surface area contributed by atoms with Gasteiger partial charge in [-0.3, -0.25) is 39.6 Å². The number of ether oxygens (including phenoxy) is 1. The van der Waals surface area contributed by atoms with Crippen LogP contribution >= 0.6 is 0 Å². The molecule has 0 aliphatic heterocycles. The fourth-order valence-electron chi connectivity index (χ4n) is 9.55. The molecule has 4 aromatic carbocycles. The van der Waals surface area contributed by atoms with Crippen LogP contribution < -0.4 is 26.3 Å². The molecule has 0 saturated heterocycles. The van der Waals surface area contributed by atoms with Gasteiger partial charge in [0.1, 0.15) is 12.4 Å². The Balaban J connectivity index is 0.000000179. The summed E-state index contributed by atoms with van der Waals surface area (Å²) < 4.78 is 8.12. The van der Waals surface area contributed by atoms with Crippen LogP contribution in [0.2, 0.25) is 0 Å². The molecule has 3 aromatic heterocycles. The lowest BCUT2D eigenvalue weighted by Gasteiger charge is -2.24. The van der Waals surface area contributed by atoms with Crippen molar-refractivity contribution in [3.8, 4) is 5.75 Å². The molecule has 2 saturated carbocycles. The maximum absolute atomic E-state index is 13.1. The highest BCUT2D eigenvalue weighted by Gasteiger charge is 2.34. The van der Waals surface area contributed by atoms with Gasteiger partial charge in [0.05, 0.1) is 22.9 Å². The molecule has 4 atom stereocenters. The molecule has 0 spiro atoms. The summed E-state index contributed by atoms with van der Waals surface area (Å²) in [7, 11) is 0.